The van der Waals surface area contributed by atoms with Gasteiger partial charge in [-0.3, -0.25) is 4.79 Å². The number of carbonyl (C=O) groups is 1. The Morgan fingerprint density at radius 3 is 2.15 bits per heavy atom. The first-order valence-electron chi connectivity index (χ1n) is 8.98. The Morgan fingerprint density at radius 2 is 1.65 bits per heavy atom. The molecule has 8 heteroatoms. The molecule has 0 aliphatic heterocycles. The normalized spacial score (nSPS) is 11.8. The standard InChI is InChI=1S/C18H32N4O3S/c1-6-21(7-2)14-8-13-19-18(23)15-22(26(24,25)20(4)5)17-11-9-16(3)10-12-17/h9-12H,6-8,13-15H2,1-5H3,(H,19,23). The van der Waals surface area contributed by atoms with Crippen molar-refractivity contribution in [2.45, 2.75) is 27.2 Å². The largest absolute Gasteiger partial charge is 0.354 e. The van der Waals surface area contributed by atoms with E-state index in [1.165, 1.54) is 14.1 Å². The van der Waals surface area contributed by atoms with Crippen LogP contribution in [0.5, 0.6) is 0 Å². The van der Waals surface area contributed by atoms with Crippen LogP contribution in [0.15, 0.2) is 24.3 Å². The predicted octanol–water partition coefficient (Wildman–Crippen LogP) is 1.46. The lowest BCUT2D eigenvalue weighted by Gasteiger charge is -2.27. The van der Waals surface area contributed by atoms with Gasteiger partial charge in [0.15, 0.2) is 0 Å². The zero-order chi connectivity index (χ0) is 19.7. The van der Waals surface area contributed by atoms with Crippen LogP contribution < -0.4 is 9.62 Å². The summed E-state index contributed by atoms with van der Waals surface area (Å²) in [6.07, 6.45) is 0.832. The lowest BCUT2D eigenvalue weighted by atomic mass is 10.2. The minimum Gasteiger partial charge on any atom is -0.354 e. The SMILES string of the molecule is CCN(CC)CCCNC(=O)CN(c1ccc(C)cc1)S(=O)(=O)N(C)C. The second kappa shape index (κ2) is 10.5. The minimum atomic E-state index is -3.75. The molecule has 0 heterocycles. The van der Waals surface area contributed by atoms with Gasteiger partial charge in [0.25, 0.3) is 0 Å². The van der Waals surface area contributed by atoms with Crippen molar-refractivity contribution < 1.29 is 13.2 Å². The van der Waals surface area contributed by atoms with Crippen LogP contribution in [-0.4, -0.2) is 70.3 Å². The second-order valence-electron chi connectivity index (χ2n) is 6.36. The van der Waals surface area contributed by atoms with Crippen molar-refractivity contribution in [3.8, 4) is 0 Å². The topological polar surface area (TPSA) is 73.0 Å². The number of nitrogens with zero attached hydrogens (tertiary/aromatic N) is 3. The number of anilines is 1. The van der Waals surface area contributed by atoms with Gasteiger partial charge in [-0.2, -0.15) is 12.7 Å². The van der Waals surface area contributed by atoms with Crippen molar-refractivity contribution in [1.29, 1.82) is 0 Å². The first kappa shape index (κ1) is 22.4. The van der Waals surface area contributed by atoms with Crippen LogP contribution in [0.25, 0.3) is 0 Å². The number of nitrogens with one attached hydrogen (secondary N) is 1. The Balaban J connectivity index is 2.74. The smallest absolute Gasteiger partial charge is 0.304 e. The molecule has 0 aliphatic carbocycles. The number of benzene rings is 1. The molecule has 0 saturated heterocycles. The van der Waals surface area contributed by atoms with Crippen molar-refractivity contribution in [3.63, 3.8) is 0 Å². The summed E-state index contributed by atoms with van der Waals surface area (Å²) in [5, 5.41) is 2.82. The van der Waals surface area contributed by atoms with E-state index in [4.69, 9.17) is 0 Å². The average molecular weight is 385 g/mol. The highest BCUT2D eigenvalue weighted by molar-refractivity contribution is 7.90. The molecule has 1 rings (SSSR count). The van der Waals surface area contributed by atoms with Crippen molar-refractivity contribution in [3.05, 3.63) is 29.8 Å². The fourth-order valence-corrected chi connectivity index (χ4v) is 3.53. The third kappa shape index (κ3) is 6.59. The zero-order valence-electron chi connectivity index (χ0n) is 16.5. The highest BCUT2D eigenvalue weighted by Crippen LogP contribution is 2.19. The Morgan fingerprint density at radius 1 is 1.08 bits per heavy atom. The molecule has 7 nitrogen and oxygen atoms in total. The van der Waals surface area contributed by atoms with E-state index in [1.807, 2.05) is 19.1 Å². The monoisotopic (exact) mass is 384 g/mol. The maximum Gasteiger partial charge on any atom is 0.304 e. The molecule has 0 atom stereocenters. The van der Waals surface area contributed by atoms with Gasteiger partial charge >= 0.3 is 10.2 Å². The molecule has 1 N–H and O–H groups in total. The van der Waals surface area contributed by atoms with E-state index in [0.29, 0.717) is 12.2 Å². The van der Waals surface area contributed by atoms with Crippen LogP contribution in [0, 0.1) is 6.92 Å². The van der Waals surface area contributed by atoms with E-state index in [9.17, 15) is 13.2 Å². The molecule has 0 unspecified atom stereocenters. The molecule has 0 saturated carbocycles. The van der Waals surface area contributed by atoms with E-state index in [-0.39, 0.29) is 12.5 Å². The molecule has 148 valence electrons. The van der Waals surface area contributed by atoms with Crippen molar-refractivity contribution in [2.24, 2.45) is 0 Å². The highest BCUT2D eigenvalue weighted by Gasteiger charge is 2.27. The summed E-state index contributed by atoms with van der Waals surface area (Å²) in [6.45, 7) is 9.29. The number of aryl methyl sites for hydroxylation is 1. The summed E-state index contributed by atoms with van der Waals surface area (Å²) < 4.78 is 27.5. The van der Waals surface area contributed by atoms with Crippen LogP contribution in [0.4, 0.5) is 5.69 Å². The number of carbonyl (C=O) groups excluding carboxylic acids is 1. The first-order chi connectivity index (χ1) is 12.2. The number of amides is 1. The Hall–Kier alpha value is -1.64. The van der Waals surface area contributed by atoms with Crippen molar-refractivity contribution in [2.75, 3.05) is 51.1 Å². The third-order valence-electron chi connectivity index (χ3n) is 4.22. The summed E-state index contributed by atoms with van der Waals surface area (Å²) in [5.74, 6) is -0.310. The molecule has 26 heavy (non-hydrogen) atoms. The molecule has 1 amide bonds. The van der Waals surface area contributed by atoms with Gasteiger partial charge in [0.1, 0.15) is 6.54 Å². The van der Waals surface area contributed by atoms with Gasteiger partial charge in [-0.05, 0) is 45.1 Å². The van der Waals surface area contributed by atoms with E-state index in [1.54, 1.807) is 12.1 Å². The zero-order valence-corrected chi connectivity index (χ0v) is 17.3. The Bertz CT molecular complexity index is 656. The summed E-state index contributed by atoms with van der Waals surface area (Å²) in [7, 11) is -0.841. The summed E-state index contributed by atoms with van der Waals surface area (Å²) in [5.41, 5.74) is 1.50. The maximum atomic E-state index is 12.6. The molecule has 0 radical (unpaired) electrons. The van der Waals surface area contributed by atoms with Gasteiger partial charge in [0.2, 0.25) is 5.91 Å². The summed E-state index contributed by atoms with van der Waals surface area (Å²) in [6, 6.07) is 7.08. The maximum absolute atomic E-state index is 12.6. The van der Waals surface area contributed by atoms with Crippen LogP contribution in [0.3, 0.4) is 0 Å². The van der Waals surface area contributed by atoms with Gasteiger partial charge in [0.05, 0.1) is 5.69 Å². The first-order valence-corrected chi connectivity index (χ1v) is 10.4. The molecule has 0 aromatic heterocycles. The Kier molecular flexibility index (Phi) is 9.04. The quantitative estimate of drug-likeness (QED) is 0.586. The van der Waals surface area contributed by atoms with E-state index in [2.05, 4.69) is 24.1 Å². The fraction of sp³-hybridized carbons (Fsp3) is 0.611. The van der Waals surface area contributed by atoms with Gasteiger partial charge < -0.3 is 10.2 Å². The lowest BCUT2D eigenvalue weighted by molar-refractivity contribution is -0.119. The minimum absolute atomic E-state index is 0.241. The molecule has 1 aromatic rings. The van der Waals surface area contributed by atoms with Crippen molar-refractivity contribution >= 4 is 21.8 Å². The summed E-state index contributed by atoms with van der Waals surface area (Å²) in [4.78, 5) is 14.6. The predicted molar refractivity (Wildman–Crippen MR) is 107 cm³/mol. The van der Waals surface area contributed by atoms with E-state index in [0.717, 1.165) is 40.2 Å². The second-order valence-corrected chi connectivity index (χ2v) is 8.43. The molecule has 0 spiro atoms. The van der Waals surface area contributed by atoms with Crippen LogP contribution in [0.2, 0.25) is 0 Å². The summed E-state index contributed by atoms with van der Waals surface area (Å²) >= 11 is 0. The van der Waals surface area contributed by atoms with E-state index < -0.39 is 10.2 Å². The molecular formula is C18H32N4O3S. The van der Waals surface area contributed by atoms with Crippen LogP contribution in [-0.2, 0) is 15.0 Å². The number of rotatable bonds is 11. The average Bonchev–Trinajstić information content (AvgIpc) is 2.60. The lowest BCUT2D eigenvalue weighted by Crippen LogP contribution is -2.46. The molecule has 0 fully saturated rings. The van der Waals surface area contributed by atoms with Gasteiger partial charge in [-0.25, -0.2) is 4.31 Å². The number of hydrogen-bond donors (Lipinski definition) is 1. The van der Waals surface area contributed by atoms with E-state index >= 15 is 0 Å². The van der Waals surface area contributed by atoms with Gasteiger partial charge in [0, 0.05) is 20.6 Å². The Labute approximate surface area is 158 Å². The van der Waals surface area contributed by atoms with Crippen molar-refractivity contribution in [1.82, 2.24) is 14.5 Å². The van der Waals surface area contributed by atoms with Gasteiger partial charge in [-0.1, -0.05) is 31.5 Å². The molecule has 0 aliphatic rings. The van der Waals surface area contributed by atoms with Crippen LogP contribution >= 0.6 is 0 Å². The number of hydrogen-bond acceptors (Lipinski definition) is 4. The highest BCUT2D eigenvalue weighted by atomic mass is 32.2. The van der Waals surface area contributed by atoms with Crippen LogP contribution in [0.1, 0.15) is 25.8 Å². The third-order valence-corrected chi connectivity index (χ3v) is 6.04. The molecule has 1 aromatic carbocycles. The molecular weight excluding hydrogens is 352 g/mol. The molecule has 0 bridgehead atoms. The fourth-order valence-electron chi connectivity index (χ4n) is 2.47. The van der Waals surface area contributed by atoms with Gasteiger partial charge in [-0.15, -0.1) is 0 Å².